The summed E-state index contributed by atoms with van der Waals surface area (Å²) in [6, 6.07) is 0. The van der Waals surface area contributed by atoms with Crippen LogP contribution < -0.4 is 0 Å². The van der Waals surface area contributed by atoms with Gasteiger partial charge in [0.1, 0.15) is 17.5 Å². The van der Waals surface area contributed by atoms with Gasteiger partial charge in [0, 0.05) is 12.8 Å². The van der Waals surface area contributed by atoms with Gasteiger partial charge in [0.15, 0.2) is 0 Å². The molecule has 16 heavy (non-hydrogen) atoms. The molecule has 0 radical (unpaired) electrons. The molecule has 0 fully saturated rings. The number of carboxylic acids is 1. The van der Waals surface area contributed by atoms with Gasteiger partial charge < -0.3 is 9.84 Å². The summed E-state index contributed by atoms with van der Waals surface area (Å²) in [4.78, 5) is 21.9. The molecule has 0 aliphatic carbocycles. The summed E-state index contributed by atoms with van der Waals surface area (Å²) in [5.74, 6) is -1.69. The van der Waals surface area contributed by atoms with Crippen molar-refractivity contribution < 1.29 is 19.4 Å². The largest absolute Gasteiger partial charge is 0.480 e. The third kappa shape index (κ3) is 4.77. The van der Waals surface area contributed by atoms with E-state index < -0.39 is 17.7 Å². The average molecular weight is 226 g/mol. The highest BCUT2D eigenvalue weighted by Gasteiger charge is 2.21. The molecule has 0 saturated heterocycles. The maximum absolute atomic E-state index is 11.1. The second-order valence-corrected chi connectivity index (χ2v) is 3.41. The smallest absolute Gasteiger partial charge is 0.318 e. The number of allylic oxidation sites excluding steroid dienone is 2. The molecule has 0 bridgehead atoms. The second kappa shape index (κ2) is 6.82. The number of ether oxygens (including phenoxy) is 1. The van der Waals surface area contributed by atoms with Crippen LogP contribution in [0, 0.1) is 5.92 Å². The normalized spacial score (nSPS) is 13.1. The summed E-state index contributed by atoms with van der Waals surface area (Å²) >= 11 is 0. The lowest BCUT2D eigenvalue weighted by molar-refractivity contribution is -0.143. The third-order valence-corrected chi connectivity index (χ3v) is 2.07. The Morgan fingerprint density at radius 1 is 1.38 bits per heavy atom. The van der Waals surface area contributed by atoms with Gasteiger partial charge in [0.2, 0.25) is 0 Å². The Morgan fingerprint density at radius 2 is 1.94 bits per heavy atom. The molecule has 4 nitrogen and oxygen atoms in total. The second-order valence-electron chi connectivity index (χ2n) is 3.41. The fraction of sp³-hybridized carbons (Fsp3) is 0.500. The molecular weight excluding hydrogens is 208 g/mol. The molecule has 0 aromatic heterocycles. The van der Waals surface area contributed by atoms with E-state index in [1.165, 1.54) is 13.0 Å². The quantitative estimate of drug-likeness (QED) is 0.535. The zero-order chi connectivity index (χ0) is 12.7. The van der Waals surface area contributed by atoms with Crippen LogP contribution in [0.25, 0.3) is 0 Å². The molecule has 1 atom stereocenters. The topological polar surface area (TPSA) is 63.6 Å². The molecule has 1 N–H and O–H groups in total. The van der Waals surface area contributed by atoms with Gasteiger partial charge in [-0.1, -0.05) is 20.4 Å². The standard InChI is InChI=1S/C12H18O4/c1-5-8(3)16-10(6-2)7-11(9(4)13)12(14)15/h7,11H,3,5-6H2,1-2,4H3,(H,14,15). The van der Waals surface area contributed by atoms with Gasteiger partial charge in [-0.15, -0.1) is 0 Å². The predicted molar refractivity (Wildman–Crippen MR) is 60.7 cm³/mol. The monoisotopic (exact) mass is 226 g/mol. The van der Waals surface area contributed by atoms with E-state index in [9.17, 15) is 9.59 Å². The van der Waals surface area contributed by atoms with Crippen molar-refractivity contribution in [2.24, 2.45) is 5.92 Å². The molecule has 0 aliphatic heterocycles. The van der Waals surface area contributed by atoms with E-state index in [0.717, 1.165) is 0 Å². The van der Waals surface area contributed by atoms with Crippen molar-refractivity contribution in [2.75, 3.05) is 0 Å². The van der Waals surface area contributed by atoms with E-state index in [0.29, 0.717) is 24.4 Å². The van der Waals surface area contributed by atoms with Crippen LogP contribution in [0.2, 0.25) is 0 Å². The van der Waals surface area contributed by atoms with E-state index in [2.05, 4.69) is 6.58 Å². The number of ketones is 1. The molecule has 0 aromatic carbocycles. The maximum atomic E-state index is 11.1. The minimum atomic E-state index is -1.16. The summed E-state index contributed by atoms with van der Waals surface area (Å²) in [6.07, 6.45) is 2.51. The Labute approximate surface area is 95.6 Å². The summed E-state index contributed by atoms with van der Waals surface area (Å²) < 4.78 is 5.33. The molecule has 0 rings (SSSR count). The van der Waals surface area contributed by atoms with Gasteiger partial charge in [0.25, 0.3) is 0 Å². The number of hydrogen-bond donors (Lipinski definition) is 1. The Kier molecular flexibility index (Phi) is 6.15. The lowest BCUT2D eigenvalue weighted by Gasteiger charge is -2.11. The highest BCUT2D eigenvalue weighted by atomic mass is 16.5. The summed E-state index contributed by atoms with van der Waals surface area (Å²) in [6.45, 7) is 8.62. The van der Waals surface area contributed by atoms with Gasteiger partial charge in [-0.05, 0) is 13.0 Å². The van der Waals surface area contributed by atoms with E-state index in [1.807, 2.05) is 13.8 Å². The van der Waals surface area contributed by atoms with Gasteiger partial charge in [-0.2, -0.15) is 0 Å². The lowest BCUT2D eigenvalue weighted by Crippen LogP contribution is -2.19. The molecule has 0 amide bonds. The van der Waals surface area contributed by atoms with Crippen LogP contribution in [0.4, 0.5) is 0 Å². The number of hydrogen-bond acceptors (Lipinski definition) is 3. The van der Waals surface area contributed by atoms with Gasteiger partial charge >= 0.3 is 5.97 Å². The number of Topliss-reactive ketones (excluding diaryl/α,β-unsaturated/α-hetero) is 1. The van der Waals surface area contributed by atoms with E-state index in [1.54, 1.807) is 0 Å². The minimum absolute atomic E-state index is 0.413. The summed E-state index contributed by atoms with van der Waals surface area (Å²) in [5, 5.41) is 8.84. The van der Waals surface area contributed by atoms with Crippen molar-refractivity contribution in [2.45, 2.75) is 33.6 Å². The Balaban J connectivity index is 4.83. The Morgan fingerprint density at radius 3 is 2.25 bits per heavy atom. The highest BCUT2D eigenvalue weighted by molar-refractivity contribution is 5.98. The molecule has 1 unspecified atom stereocenters. The van der Waals surface area contributed by atoms with E-state index >= 15 is 0 Å². The first-order valence-corrected chi connectivity index (χ1v) is 5.21. The molecule has 0 aliphatic rings. The van der Waals surface area contributed by atoms with Gasteiger partial charge in [-0.3, -0.25) is 9.59 Å². The molecule has 4 heteroatoms. The van der Waals surface area contributed by atoms with Crippen molar-refractivity contribution in [1.82, 2.24) is 0 Å². The third-order valence-electron chi connectivity index (χ3n) is 2.07. The van der Waals surface area contributed by atoms with E-state index in [4.69, 9.17) is 9.84 Å². The first kappa shape index (κ1) is 14.4. The van der Waals surface area contributed by atoms with Crippen molar-refractivity contribution in [3.8, 4) is 0 Å². The predicted octanol–water partition coefficient (Wildman–Crippen LogP) is 2.51. The van der Waals surface area contributed by atoms with Crippen LogP contribution in [0.5, 0.6) is 0 Å². The number of rotatable bonds is 7. The fourth-order valence-corrected chi connectivity index (χ4v) is 1.03. The molecule has 90 valence electrons. The SMILES string of the molecule is C=C(CC)OC(=CC(C(C)=O)C(=O)O)CC. The van der Waals surface area contributed by atoms with Crippen molar-refractivity contribution >= 4 is 11.8 Å². The van der Waals surface area contributed by atoms with Crippen LogP contribution in [0.1, 0.15) is 33.6 Å². The number of carbonyl (C=O) groups is 2. The van der Waals surface area contributed by atoms with Crippen LogP contribution in [0.3, 0.4) is 0 Å². The highest BCUT2D eigenvalue weighted by Crippen LogP contribution is 2.15. The molecule has 0 aromatic rings. The van der Waals surface area contributed by atoms with Crippen molar-refractivity contribution in [1.29, 1.82) is 0 Å². The Hall–Kier alpha value is -1.58. The first-order chi connectivity index (χ1) is 7.42. The summed E-state index contributed by atoms with van der Waals surface area (Å²) in [7, 11) is 0. The molecular formula is C12H18O4. The summed E-state index contributed by atoms with van der Waals surface area (Å²) in [5.41, 5.74) is 0. The molecule has 0 saturated carbocycles. The fourth-order valence-electron chi connectivity index (χ4n) is 1.03. The lowest BCUT2D eigenvalue weighted by atomic mass is 10.0. The van der Waals surface area contributed by atoms with Crippen molar-refractivity contribution in [3.05, 3.63) is 24.2 Å². The zero-order valence-electron chi connectivity index (χ0n) is 9.95. The number of carbonyl (C=O) groups excluding carboxylic acids is 1. The van der Waals surface area contributed by atoms with Crippen molar-refractivity contribution in [3.63, 3.8) is 0 Å². The number of aliphatic carboxylic acids is 1. The first-order valence-electron chi connectivity index (χ1n) is 5.21. The van der Waals surface area contributed by atoms with Gasteiger partial charge in [0.05, 0.1) is 5.76 Å². The Bertz CT molecular complexity index is 301. The molecule has 0 spiro atoms. The number of carboxylic acid groups (broad SMARTS) is 1. The molecule has 0 heterocycles. The van der Waals surface area contributed by atoms with Crippen LogP contribution in [-0.2, 0) is 14.3 Å². The average Bonchev–Trinajstić information content (AvgIpc) is 2.22. The van der Waals surface area contributed by atoms with Crippen LogP contribution in [-0.4, -0.2) is 16.9 Å². The van der Waals surface area contributed by atoms with Crippen LogP contribution >= 0.6 is 0 Å². The van der Waals surface area contributed by atoms with Crippen LogP contribution in [0.15, 0.2) is 24.2 Å². The van der Waals surface area contributed by atoms with E-state index in [-0.39, 0.29) is 0 Å². The minimum Gasteiger partial charge on any atom is -0.480 e. The zero-order valence-corrected chi connectivity index (χ0v) is 9.95. The maximum Gasteiger partial charge on any atom is 0.318 e. The van der Waals surface area contributed by atoms with Gasteiger partial charge in [-0.25, -0.2) is 0 Å².